The van der Waals surface area contributed by atoms with Crippen molar-refractivity contribution in [1.29, 1.82) is 0 Å². The van der Waals surface area contributed by atoms with E-state index in [1.54, 1.807) is 12.1 Å². The van der Waals surface area contributed by atoms with E-state index in [-0.39, 0.29) is 5.69 Å². The van der Waals surface area contributed by atoms with Gasteiger partial charge >= 0.3 is 5.69 Å². The molecule has 1 rings (SSSR count). The third-order valence-corrected chi connectivity index (χ3v) is 2.18. The van der Waals surface area contributed by atoms with Crippen molar-refractivity contribution in [3.05, 3.63) is 32.8 Å². The van der Waals surface area contributed by atoms with E-state index in [9.17, 15) is 10.1 Å². The molecular formula is C10H12BrNO3. The molecule has 1 aromatic rings. The first-order chi connectivity index (χ1) is 7.00. The highest BCUT2D eigenvalue weighted by molar-refractivity contribution is 9.10. The van der Waals surface area contributed by atoms with Crippen LogP contribution in [0.3, 0.4) is 0 Å². The van der Waals surface area contributed by atoms with E-state index in [1.807, 2.05) is 13.8 Å². The van der Waals surface area contributed by atoms with E-state index in [0.717, 1.165) is 0 Å². The summed E-state index contributed by atoms with van der Waals surface area (Å²) in [5.74, 6) is 0.658. The summed E-state index contributed by atoms with van der Waals surface area (Å²) >= 11 is 3.18. The Kier molecular flexibility index (Phi) is 4.08. The van der Waals surface area contributed by atoms with Gasteiger partial charge in [-0.25, -0.2) is 0 Å². The smallest absolute Gasteiger partial charge is 0.312 e. The van der Waals surface area contributed by atoms with E-state index < -0.39 is 4.92 Å². The molecule has 0 aromatic heterocycles. The molecule has 0 aliphatic heterocycles. The molecule has 0 unspecified atom stereocenters. The van der Waals surface area contributed by atoms with Gasteiger partial charge in [0, 0.05) is 10.5 Å². The van der Waals surface area contributed by atoms with Gasteiger partial charge in [0.25, 0.3) is 0 Å². The van der Waals surface area contributed by atoms with Gasteiger partial charge in [0.15, 0.2) is 5.75 Å². The molecule has 0 saturated heterocycles. The Morgan fingerprint density at radius 3 is 2.73 bits per heavy atom. The van der Waals surface area contributed by atoms with Crippen molar-refractivity contribution in [3.63, 3.8) is 0 Å². The minimum atomic E-state index is -0.444. The molecule has 0 aliphatic carbocycles. The Morgan fingerprint density at radius 2 is 2.20 bits per heavy atom. The molecule has 0 fully saturated rings. The van der Waals surface area contributed by atoms with Crippen molar-refractivity contribution in [3.8, 4) is 5.75 Å². The highest BCUT2D eigenvalue weighted by atomic mass is 79.9. The van der Waals surface area contributed by atoms with Gasteiger partial charge in [-0.2, -0.15) is 0 Å². The fraction of sp³-hybridized carbons (Fsp3) is 0.400. The van der Waals surface area contributed by atoms with Gasteiger partial charge in [-0.1, -0.05) is 29.8 Å². The zero-order chi connectivity index (χ0) is 11.4. The largest absolute Gasteiger partial charge is 0.487 e. The van der Waals surface area contributed by atoms with Gasteiger partial charge in [0.1, 0.15) is 0 Å². The molecule has 0 heterocycles. The van der Waals surface area contributed by atoms with Crippen LogP contribution in [0.1, 0.15) is 13.8 Å². The molecule has 0 atom stereocenters. The van der Waals surface area contributed by atoms with Crippen molar-refractivity contribution in [2.75, 3.05) is 6.61 Å². The minimum absolute atomic E-state index is 0.00924. The molecule has 0 amide bonds. The first-order valence-electron chi connectivity index (χ1n) is 4.57. The summed E-state index contributed by atoms with van der Waals surface area (Å²) < 4.78 is 6.02. The van der Waals surface area contributed by atoms with Crippen LogP contribution in [-0.4, -0.2) is 11.5 Å². The van der Waals surface area contributed by atoms with Crippen molar-refractivity contribution in [2.24, 2.45) is 5.92 Å². The van der Waals surface area contributed by atoms with Crippen molar-refractivity contribution >= 4 is 21.6 Å². The molecule has 0 radical (unpaired) electrons. The number of halogens is 1. The van der Waals surface area contributed by atoms with E-state index in [2.05, 4.69) is 15.9 Å². The molecule has 1 aromatic carbocycles. The third-order valence-electron chi connectivity index (χ3n) is 1.69. The SMILES string of the molecule is CC(C)COc1ccc(Br)cc1[N+](=O)[O-]. The Bertz CT molecular complexity index is 366. The molecule has 0 N–H and O–H groups in total. The van der Waals surface area contributed by atoms with Crippen LogP contribution in [-0.2, 0) is 0 Å². The van der Waals surface area contributed by atoms with E-state index in [1.165, 1.54) is 6.07 Å². The predicted molar refractivity (Wildman–Crippen MR) is 61.1 cm³/mol. The maximum absolute atomic E-state index is 10.7. The highest BCUT2D eigenvalue weighted by Crippen LogP contribution is 2.30. The normalized spacial score (nSPS) is 10.4. The maximum Gasteiger partial charge on any atom is 0.312 e. The Labute approximate surface area is 96.5 Å². The topological polar surface area (TPSA) is 52.4 Å². The highest BCUT2D eigenvalue weighted by Gasteiger charge is 2.15. The van der Waals surface area contributed by atoms with Gasteiger partial charge < -0.3 is 4.74 Å². The zero-order valence-corrected chi connectivity index (χ0v) is 10.2. The van der Waals surface area contributed by atoms with Crippen molar-refractivity contribution in [2.45, 2.75) is 13.8 Å². The average Bonchev–Trinajstić information content (AvgIpc) is 2.15. The number of nitrogens with zero attached hydrogens (tertiary/aromatic N) is 1. The molecule has 0 spiro atoms. The summed E-state index contributed by atoms with van der Waals surface area (Å²) in [5, 5.41) is 10.7. The molecule has 0 bridgehead atoms. The first kappa shape index (κ1) is 12.0. The van der Waals surface area contributed by atoms with Crippen LogP contribution >= 0.6 is 15.9 Å². The van der Waals surface area contributed by atoms with Crippen LogP contribution in [0.5, 0.6) is 5.75 Å². The predicted octanol–water partition coefficient (Wildman–Crippen LogP) is 3.39. The van der Waals surface area contributed by atoms with Crippen LogP contribution in [0.2, 0.25) is 0 Å². The van der Waals surface area contributed by atoms with Crippen molar-refractivity contribution < 1.29 is 9.66 Å². The Balaban J connectivity index is 2.91. The van der Waals surface area contributed by atoms with Gasteiger partial charge in [0.05, 0.1) is 11.5 Å². The minimum Gasteiger partial charge on any atom is -0.487 e. The number of nitro groups is 1. The molecule has 0 saturated carbocycles. The molecule has 82 valence electrons. The molecule has 0 aliphatic rings. The lowest BCUT2D eigenvalue weighted by molar-refractivity contribution is -0.386. The third kappa shape index (κ3) is 3.51. The van der Waals surface area contributed by atoms with E-state index in [4.69, 9.17) is 4.74 Å². The van der Waals surface area contributed by atoms with Gasteiger partial charge in [-0.05, 0) is 18.1 Å². The number of hydrogen-bond donors (Lipinski definition) is 0. The zero-order valence-electron chi connectivity index (χ0n) is 8.57. The summed E-state index contributed by atoms with van der Waals surface area (Å²) in [6.45, 7) is 4.46. The lowest BCUT2D eigenvalue weighted by Crippen LogP contribution is -2.06. The monoisotopic (exact) mass is 273 g/mol. The second kappa shape index (κ2) is 5.11. The second-order valence-electron chi connectivity index (χ2n) is 3.57. The van der Waals surface area contributed by atoms with Crippen LogP contribution in [0.15, 0.2) is 22.7 Å². The quantitative estimate of drug-likeness (QED) is 0.624. The average molecular weight is 274 g/mol. The fourth-order valence-electron chi connectivity index (χ4n) is 1.01. The van der Waals surface area contributed by atoms with Crippen LogP contribution < -0.4 is 4.74 Å². The van der Waals surface area contributed by atoms with Gasteiger partial charge in [-0.15, -0.1) is 0 Å². The standard InChI is InChI=1S/C10H12BrNO3/c1-7(2)6-15-10-4-3-8(11)5-9(10)12(13)14/h3-5,7H,6H2,1-2H3. The van der Waals surface area contributed by atoms with Crippen LogP contribution in [0.25, 0.3) is 0 Å². The van der Waals surface area contributed by atoms with Crippen molar-refractivity contribution in [1.82, 2.24) is 0 Å². The maximum atomic E-state index is 10.7. The summed E-state index contributed by atoms with van der Waals surface area (Å²) in [6.07, 6.45) is 0. The van der Waals surface area contributed by atoms with Crippen LogP contribution in [0, 0.1) is 16.0 Å². The number of ether oxygens (including phenoxy) is 1. The van der Waals surface area contributed by atoms with Gasteiger partial charge in [-0.3, -0.25) is 10.1 Å². The lowest BCUT2D eigenvalue weighted by Gasteiger charge is -2.08. The van der Waals surface area contributed by atoms with E-state index in [0.29, 0.717) is 22.7 Å². The Morgan fingerprint density at radius 1 is 1.53 bits per heavy atom. The molecular weight excluding hydrogens is 262 g/mol. The number of hydrogen-bond acceptors (Lipinski definition) is 3. The fourth-order valence-corrected chi connectivity index (χ4v) is 1.36. The number of benzene rings is 1. The molecule has 15 heavy (non-hydrogen) atoms. The van der Waals surface area contributed by atoms with Gasteiger partial charge in [0.2, 0.25) is 0 Å². The Hall–Kier alpha value is -1.10. The first-order valence-corrected chi connectivity index (χ1v) is 5.36. The van der Waals surface area contributed by atoms with E-state index >= 15 is 0 Å². The molecule has 5 heteroatoms. The number of rotatable bonds is 4. The summed E-state index contributed by atoms with van der Waals surface area (Å²) in [7, 11) is 0. The summed E-state index contributed by atoms with van der Waals surface area (Å²) in [4.78, 5) is 10.3. The summed E-state index contributed by atoms with van der Waals surface area (Å²) in [6, 6.07) is 4.77. The molecule has 4 nitrogen and oxygen atoms in total. The number of nitro benzene ring substituents is 1. The van der Waals surface area contributed by atoms with Crippen LogP contribution in [0.4, 0.5) is 5.69 Å². The second-order valence-corrected chi connectivity index (χ2v) is 4.49. The summed E-state index contributed by atoms with van der Waals surface area (Å²) in [5.41, 5.74) is -0.00924. The lowest BCUT2D eigenvalue weighted by atomic mass is 10.2.